The van der Waals surface area contributed by atoms with Gasteiger partial charge in [0.15, 0.2) is 5.82 Å². The molecule has 0 bridgehead atoms. The Hall–Kier alpha value is -2.52. The normalized spacial score (nSPS) is 16.5. The zero-order valence-corrected chi connectivity index (χ0v) is 21.0. The van der Waals surface area contributed by atoms with E-state index < -0.39 is 17.8 Å². The third kappa shape index (κ3) is 7.73. The summed E-state index contributed by atoms with van der Waals surface area (Å²) in [6.45, 7) is 7.65. The van der Waals surface area contributed by atoms with E-state index in [1.54, 1.807) is 19.1 Å². The van der Waals surface area contributed by atoms with Crippen LogP contribution in [0, 0.1) is 11.7 Å². The van der Waals surface area contributed by atoms with Crippen molar-refractivity contribution in [3.8, 4) is 5.75 Å². The average molecular weight is 492 g/mol. The lowest BCUT2D eigenvalue weighted by atomic mass is 9.92. The predicted octanol–water partition coefficient (Wildman–Crippen LogP) is 4.21. The number of carbonyl (C=O) groups excluding carboxylic acids is 1. The lowest BCUT2D eigenvalue weighted by Crippen LogP contribution is -2.34. The second-order valence-electron chi connectivity index (χ2n) is 9.76. The molecule has 1 aliphatic heterocycles. The van der Waals surface area contributed by atoms with Crippen LogP contribution in [0.3, 0.4) is 0 Å². The summed E-state index contributed by atoms with van der Waals surface area (Å²) < 4.78 is 25.8. The van der Waals surface area contributed by atoms with E-state index in [-0.39, 0.29) is 31.1 Å². The number of hydrogen-bond acceptors (Lipinski definition) is 8. The topological polar surface area (TPSA) is 109 Å². The average Bonchev–Trinajstić information content (AvgIpc) is 3.36. The molecule has 35 heavy (non-hydrogen) atoms. The number of anilines is 1. The molecule has 0 amide bonds. The van der Waals surface area contributed by atoms with Gasteiger partial charge in [0.1, 0.15) is 17.3 Å². The van der Waals surface area contributed by atoms with E-state index in [1.165, 1.54) is 6.07 Å². The molecule has 2 N–H and O–H groups in total. The first-order valence-corrected chi connectivity index (χ1v) is 12.6. The number of ketones is 1. The number of nitrogens with zero attached hydrogens (tertiary/aromatic N) is 3. The van der Waals surface area contributed by atoms with Crippen molar-refractivity contribution in [1.29, 1.82) is 0 Å². The van der Waals surface area contributed by atoms with Crippen LogP contribution in [0.1, 0.15) is 82.5 Å². The summed E-state index contributed by atoms with van der Waals surface area (Å²) in [5.41, 5.74) is 0.314. The first kappa shape index (κ1) is 27.1. The Bertz CT molecular complexity index is 943. The van der Waals surface area contributed by atoms with Crippen LogP contribution in [-0.4, -0.2) is 58.5 Å². The summed E-state index contributed by atoms with van der Waals surface area (Å²) >= 11 is 0. The fraction of sp³-hybridized carbons (Fsp3) is 0.654. The van der Waals surface area contributed by atoms with Gasteiger partial charge in [-0.05, 0) is 49.7 Å². The molecule has 2 atom stereocenters. The van der Waals surface area contributed by atoms with Crippen LogP contribution in [-0.2, 0) is 4.79 Å². The molecule has 2 heterocycles. The number of aliphatic hydroxyl groups is 2. The zero-order chi connectivity index (χ0) is 25.4. The maximum Gasteiger partial charge on any atom is 0.324 e. The number of hydrogen-bond donors (Lipinski definition) is 2. The third-order valence-electron chi connectivity index (χ3n) is 6.71. The van der Waals surface area contributed by atoms with Crippen LogP contribution < -0.4 is 9.64 Å². The number of rotatable bonds is 13. The van der Waals surface area contributed by atoms with Gasteiger partial charge in [0, 0.05) is 37.4 Å². The molecule has 1 aromatic carbocycles. The Morgan fingerprint density at radius 3 is 2.66 bits per heavy atom. The van der Waals surface area contributed by atoms with Crippen molar-refractivity contribution in [2.24, 2.45) is 5.92 Å². The number of Topliss-reactive ketones (excluding diaryl/α,β-unsaturated/α-hetero) is 1. The van der Waals surface area contributed by atoms with Gasteiger partial charge in [-0.25, -0.2) is 4.39 Å². The van der Waals surface area contributed by atoms with Crippen molar-refractivity contribution >= 4 is 11.8 Å². The molecule has 0 radical (unpaired) electrons. The minimum atomic E-state index is -0.928. The first-order valence-electron chi connectivity index (χ1n) is 12.6. The number of benzene rings is 1. The molecule has 2 aromatic rings. The molecular weight excluding hydrogens is 453 g/mol. The smallest absolute Gasteiger partial charge is 0.324 e. The SMILES string of the molecule is CC(C)c1noc(N2CCC(CCCOc3ccc(C(C)C(=O)CC[C@@H](O)CO)c(F)c3)CC2)n1. The van der Waals surface area contributed by atoms with E-state index in [4.69, 9.17) is 14.4 Å². The summed E-state index contributed by atoms with van der Waals surface area (Å²) in [4.78, 5) is 18.9. The monoisotopic (exact) mass is 491 g/mol. The van der Waals surface area contributed by atoms with Crippen LogP contribution in [0.15, 0.2) is 22.7 Å². The Morgan fingerprint density at radius 2 is 2.03 bits per heavy atom. The molecule has 0 aliphatic carbocycles. The Labute approximate surface area is 206 Å². The number of halogens is 1. The van der Waals surface area contributed by atoms with Gasteiger partial charge in [0.2, 0.25) is 0 Å². The van der Waals surface area contributed by atoms with E-state index in [1.807, 2.05) is 13.8 Å². The second kappa shape index (κ2) is 13.0. The van der Waals surface area contributed by atoms with Gasteiger partial charge in [-0.3, -0.25) is 4.79 Å². The van der Waals surface area contributed by atoms with Gasteiger partial charge < -0.3 is 24.4 Å². The van der Waals surface area contributed by atoms with Gasteiger partial charge in [0.05, 0.1) is 19.3 Å². The van der Waals surface area contributed by atoms with E-state index in [9.17, 15) is 14.3 Å². The fourth-order valence-electron chi connectivity index (χ4n) is 4.30. The van der Waals surface area contributed by atoms with Gasteiger partial charge in [-0.2, -0.15) is 4.98 Å². The lowest BCUT2D eigenvalue weighted by Gasteiger charge is -2.30. The first-order chi connectivity index (χ1) is 16.8. The fourth-order valence-corrected chi connectivity index (χ4v) is 4.30. The van der Waals surface area contributed by atoms with E-state index >= 15 is 0 Å². The second-order valence-corrected chi connectivity index (χ2v) is 9.76. The summed E-state index contributed by atoms with van der Waals surface area (Å²) in [5, 5.41) is 22.3. The summed E-state index contributed by atoms with van der Waals surface area (Å²) in [6.07, 6.45) is 3.37. The van der Waals surface area contributed by atoms with Crippen LogP contribution in [0.4, 0.5) is 10.4 Å². The van der Waals surface area contributed by atoms with Gasteiger partial charge in [-0.1, -0.05) is 32.0 Å². The highest BCUT2D eigenvalue weighted by molar-refractivity contribution is 5.85. The van der Waals surface area contributed by atoms with E-state index in [0.717, 1.165) is 44.6 Å². The van der Waals surface area contributed by atoms with Crippen LogP contribution >= 0.6 is 0 Å². The molecule has 0 saturated carbocycles. The van der Waals surface area contributed by atoms with Crippen LogP contribution in [0.5, 0.6) is 5.75 Å². The van der Waals surface area contributed by atoms with Crippen molar-refractivity contribution in [2.75, 3.05) is 31.2 Å². The van der Waals surface area contributed by atoms with Crippen molar-refractivity contribution in [1.82, 2.24) is 10.1 Å². The zero-order valence-electron chi connectivity index (χ0n) is 21.0. The molecule has 0 spiro atoms. The maximum absolute atomic E-state index is 14.6. The lowest BCUT2D eigenvalue weighted by molar-refractivity contribution is -0.120. The van der Waals surface area contributed by atoms with Crippen molar-refractivity contribution in [3.05, 3.63) is 35.4 Å². The molecule has 1 saturated heterocycles. The molecule has 194 valence electrons. The summed E-state index contributed by atoms with van der Waals surface area (Å²) in [6, 6.07) is 5.22. The van der Waals surface area contributed by atoms with E-state index in [0.29, 0.717) is 29.9 Å². The Kier molecular flexibility index (Phi) is 10.0. The highest BCUT2D eigenvalue weighted by Gasteiger charge is 2.24. The van der Waals surface area contributed by atoms with Crippen molar-refractivity contribution in [2.45, 2.75) is 77.2 Å². The molecule has 8 nitrogen and oxygen atoms in total. The highest BCUT2D eigenvalue weighted by atomic mass is 19.1. The molecule has 1 aromatic heterocycles. The Balaban J connectivity index is 1.37. The van der Waals surface area contributed by atoms with E-state index in [2.05, 4.69) is 15.0 Å². The number of aliphatic hydroxyl groups excluding tert-OH is 2. The Morgan fingerprint density at radius 1 is 1.29 bits per heavy atom. The molecule has 3 rings (SSSR count). The quantitative estimate of drug-likeness (QED) is 0.401. The maximum atomic E-state index is 14.6. The molecule has 9 heteroatoms. The van der Waals surface area contributed by atoms with Crippen molar-refractivity contribution < 1.29 is 28.7 Å². The number of aromatic nitrogens is 2. The predicted molar refractivity (Wildman–Crippen MR) is 130 cm³/mol. The van der Waals surface area contributed by atoms with Crippen LogP contribution in [0.25, 0.3) is 0 Å². The molecular formula is C26H38FN3O5. The third-order valence-corrected chi connectivity index (χ3v) is 6.71. The highest BCUT2D eigenvalue weighted by Crippen LogP contribution is 2.28. The summed E-state index contributed by atoms with van der Waals surface area (Å²) in [5.74, 6) is 0.785. The molecule has 1 aliphatic rings. The van der Waals surface area contributed by atoms with Gasteiger partial charge in [-0.15, -0.1) is 0 Å². The minimum absolute atomic E-state index is 0.0907. The minimum Gasteiger partial charge on any atom is -0.493 e. The number of piperidine rings is 1. The summed E-state index contributed by atoms with van der Waals surface area (Å²) in [7, 11) is 0. The number of carbonyl (C=O) groups is 1. The standard InChI is InChI=1S/C26H38FN3O5/c1-17(2)25-28-26(35-29-25)30-12-10-19(11-13-30)5-4-14-34-21-7-8-22(23(27)15-21)18(3)24(33)9-6-20(32)16-31/h7-8,15,17-20,31-32H,4-6,9-14,16H2,1-3H3/t18?,20-/m1/s1. The van der Waals surface area contributed by atoms with Crippen molar-refractivity contribution in [3.63, 3.8) is 0 Å². The largest absolute Gasteiger partial charge is 0.493 e. The van der Waals surface area contributed by atoms with Gasteiger partial charge in [0.25, 0.3) is 0 Å². The number of ether oxygens (including phenoxy) is 1. The van der Waals surface area contributed by atoms with Gasteiger partial charge >= 0.3 is 6.01 Å². The van der Waals surface area contributed by atoms with Crippen LogP contribution in [0.2, 0.25) is 0 Å². The molecule has 1 fully saturated rings. The molecule has 1 unspecified atom stereocenters.